The molecule has 0 radical (unpaired) electrons. The van der Waals surface area contributed by atoms with Crippen molar-refractivity contribution in [3.8, 4) is 0 Å². The molecular formula is C41H54. The second kappa shape index (κ2) is 14.2. The van der Waals surface area contributed by atoms with Gasteiger partial charge in [0.05, 0.1) is 0 Å². The normalized spacial score (nSPS) is 14.3. The molecule has 0 unspecified atom stereocenters. The Hall–Kier alpha value is -3.12. The van der Waals surface area contributed by atoms with E-state index in [4.69, 9.17) is 0 Å². The lowest BCUT2D eigenvalue weighted by atomic mass is 9.64. The van der Waals surface area contributed by atoms with E-state index in [0.717, 1.165) is 0 Å². The molecule has 0 aromatic heterocycles. The molecule has 1 aliphatic rings. The van der Waals surface area contributed by atoms with Crippen LogP contribution in [0.3, 0.4) is 0 Å². The minimum Gasteiger partial charge on any atom is -0.0617 e. The molecule has 0 bridgehead atoms. The maximum absolute atomic E-state index is 2.44. The van der Waals surface area contributed by atoms with Gasteiger partial charge in [0.15, 0.2) is 0 Å². The first-order chi connectivity index (χ1) is 19.3. The molecule has 0 nitrogen and oxygen atoms in total. The topological polar surface area (TPSA) is 0 Å². The van der Waals surface area contributed by atoms with Crippen LogP contribution in [0, 0.1) is 48.5 Å². The Morgan fingerprint density at radius 2 is 0.927 bits per heavy atom. The Morgan fingerprint density at radius 3 is 1.29 bits per heavy atom. The van der Waals surface area contributed by atoms with Crippen LogP contribution in [0.4, 0.5) is 0 Å². The fraction of sp³-hybridized carbons (Fsp3) is 0.415. The first-order valence-corrected chi connectivity index (χ1v) is 15.6. The van der Waals surface area contributed by atoms with Crippen molar-refractivity contribution in [3.63, 3.8) is 0 Å². The highest BCUT2D eigenvalue weighted by Crippen LogP contribution is 2.45. The van der Waals surface area contributed by atoms with Crippen LogP contribution in [0.1, 0.15) is 109 Å². The largest absolute Gasteiger partial charge is 0.0617 e. The molecule has 0 spiro atoms. The summed E-state index contributed by atoms with van der Waals surface area (Å²) in [5, 5.41) is 0. The zero-order valence-electron chi connectivity index (χ0n) is 27.6. The van der Waals surface area contributed by atoms with Gasteiger partial charge < -0.3 is 0 Å². The number of aryl methyl sites for hydroxylation is 7. The minimum absolute atomic E-state index is 0.231. The molecule has 0 heterocycles. The quantitative estimate of drug-likeness (QED) is 0.234. The van der Waals surface area contributed by atoms with Crippen molar-refractivity contribution in [3.05, 3.63) is 141 Å². The van der Waals surface area contributed by atoms with Crippen molar-refractivity contribution in [1.29, 1.82) is 0 Å². The van der Waals surface area contributed by atoms with Crippen LogP contribution in [-0.4, -0.2) is 0 Å². The maximum atomic E-state index is 2.44. The van der Waals surface area contributed by atoms with E-state index in [1.807, 2.05) is 0 Å². The van der Waals surface area contributed by atoms with Crippen LogP contribution in [0.2, 0.25) is 0 Å². The molecular weight excluding hydrogens is 492 g/mol. The summed E-state index contributed by atoms with van der Waals surface area (Å²) < 4.78 is 0. The fourth-order valence-electron chi connectivity index (χ4n) is 5.84. The third-order valence-electron chi connectivity index (χ3n) is 8.92. The minimum atomic E-state index is 0.231. The van der Waals surface area contributed by atoms with Crippen LogP contribution in [0.15, 0.2) is 84.9 Å². The van der Waals surface area contributed by atoms with Gasteiger partial charge in [-0.2, -0.15) is 0 Å². The predicted octanol–water partition coefficient (Wildman–Crippen LogP) is 11.8. The molecule has 1 aliphatic carbocycles. The van der Waals surface area contributed by atoms with Gasteiger partial charge in [-0.25, -0.2) is 0 Å². The Kier molecular flexibility index (Phi) is 11.2. The van der Waals surface area contributed by atoms with Gasteiger partial charge in [0, 0.05) is 5.41 Å². The van der Waals surface area contributed by atoms with Crippen molar-refractivity contribution in [2.24, 2.45) is 0 Å². The molecule has 0 aliphatic heterocycles. The molecule has 0 saturated heterocycles. The molecule has 218 valence electrons. The Morgan fingerprint density at radius 1 is 0.463 bits per heavy atom. The average Bonchev–Trinajstić information content (AvgIpc) is 2.92. The van der Waals surface area contributed by atoms with Crippen molar-refractivity contribution in [2.75, 3.05) is 0 Å². The highest BCUT2D eigenvalue weighted by Gasteiger charge is 2.35. The Bertz CT molecular complexity index is 1320. The van der Waals surface area contributed by atoms with Crippen molar-refractivity contribution in [1.82, 2.24) is 0 Å². The van der Waals surface area contributed by atoms with Gasteiger partial charge in [-0.3, -0.25) is 0 Å². The van der Waals surface area contributed by atoms with Crippen molar-refractivity contribution >= 4 is 0 Å². The molecule has 4 aromatic rings. The van der Waals surface area contributed by atoms with E-state index in [1.165, 1.54) is 87.7 Å². The Labute approximate surface area is 252 Å². The molecule has 5 rings (SSSR count). The van der Waals surface area contributed by atoms with Gasteiger partial charge in [0.2, 0.25) is 0 Å². The second-order valence-corrected chi connectivity index (χ2v) is 13.5. The lowest BCUT2D eigenvalue weighted by Crippen LogP contribution is -2.30. The van der Waals surface area contributed by atoms with E-state index >= 15 is 0 Å². The third kappa shape index (κ3) is 8.93. The van der Waals surface area contributed by atoms with E-state index in [1.54, 1.807) is 0 Å². The monoisotopic (exact) mass is 546 g/mol. The van der Waals surface area contributed by atoms with E-state index in [2.05, 4.69) is 154 Å². The molecule has 1 saturated carbocycles. The van der Waals surface area contributed by atoms with E-state index in [0.29, 0.717) is 0 Å². The second-order valence-electron chi connectivity index (χ2n) is 13.5. The number of hydrogen-bond acceptors (Lipinski definition) is 0. The zero-order chi connectivity index (χ0) is 30.2. The fourth-order valence-corrected chi connectivity index (χ4v) is 5.84. The van der Waals surface area contributed by atoms with Gasteiger partial charge >= 0.3 is 0 Å². The standard InChI is InChI=1S/C22H28.C11H16.C8H10/c1-16-8-10-20(14-18(16)3)22(12-6-5-7-13-22)21-11-9-17(2)19(4)15-21;1-9-5-7-10(8-6-9)11(2,3)4;1-7-4-3-5-8(2)6-7/h8-11,14-15H,5-7,12-13H2,1-4H3;5-8H,1-4H3;3-6H,1-2H3. The average molecular weight is 547 g/mol. The summed E-state index contributed by atoms with van der Waals surface area (Å²) in [6.07, 6.45) is 6.66. The zero-order valence-corrected chi connectivity index (χ0v) is 27.6. The lowest BCUT2D eigenvalue weighted by Gasteiger charge is -2.39. The predicted molar refractivity (Wildman–Crippen MR) is 181 cm³/mol. The van der Waals surface area contributed by atoms with Gasteiger partial charge in [-0.1, -0.05) is 142 Å². The molecule has 0 heteroatoms. The number of rotatable bonds is 2. The van der Waals surface area contributed by atoms with Gasteiger partial charge in [0.1, 0.15) is 0 Å². The summed E-state index contributed by atoms with van der Waals surface area (Å²) in [6, 6.07) is 31.4. The van der Waals surface area contributed by atoms with Crippen molar-refractivity contribution < 1.29 is 0 Å². The highest BCUT2D eigenvalue weighted by molar-refractivity contribution is 5.45. The molecule has 0 atom stereocenters. The van der Waals surface area contributed by atoms with E-state index in [9.17, 15) is 0 Å². The van der Waals surface area contributed by atoms with Crippen molar-refractivity contribution in [2.45, 2.75) is 112 Å². The van der Waals surface area contributed by atoms with E-state index in [-0.39, 0.29) is 10.8 Å². The highest BCUT2D eigenvalue weighted by atomic mass is 14.4. The summed E-state index contributed by atoms with van der Waals surface area (Å²) in [5.41, 5.74) is 14.6. The summed E-state index contributed by atoms with van der Waals surface area (Å²) >= 11 is 0. The number of hydrogen-bond donors (Lipinski definition) is 0. The summed E-state index contributed by atoms with van der Waals surface area (Å²) in [6.45, 7) is 21.9. The van der Waals surface area contributed by atoms with Crippen LogP contribution < -0.4 is 0 Å². The van der Waals surface area contributed by atoms with Crippen LogP contribution >= 0.6 is 0 Å². The molecule has 4 aromatic carbocycles. The number of benzene rings is 4. The summed E-state index contributed by atoms with van der Waals surface area (Å²) in [4.78, 5) is 0. The van der Waals surface area contributed by atoms with Gasteiger partial charge in [0.25, 0.3) is 0 Å². The van der Waals surface area contributed by atoms with Gasteiger partial charge in [-0.05, 0) is 106 Å². The summed E-state index contributed by atoms with van der Waals surface area (Å²) in [5.74, 6) is 0. The smallest absolute Gasteiger partial charge is 0.0203 e. The molecule has 1 fully saturated rings. The first kappa shape index (κ1) is 32.4. The maximum Gasteiger partial charge on any atom is 0.0203 e. The SMILES string of the molecule is Cc1ccc(C(C)(C)C)cc1.Cc1ccc(C2(c3ccc(C)c(C)c3)CCCCC2)cc1C.Cc1cccc(C)c1. The third-order valence-corrected chi connectivity index (χ3v) is 8.92. The summed E-state index contributed by atoms with van der Waals surface area (Å²) in [7, 11) is 0. The molecule has 41 heavy (non-hydrogen) atoms. The lowest BCUT2D eigenvalue weighted by molar-refractivity contribution is 0.345. The molecule has 0 amide bonds. The Balaban J connectivity index is 0.000000201. The van der Waals surface area contributed by atoms with Gasteiger partial charge in [-0.15, -0.1) is 0 Å². The van der Waals surface area contributed by atoms with Crippen LogP contribution in [0.25, 0.3) is 0 Å². The van der Waals surface area contributed by atoms with Crippen LogP contribution in [-0.2, 0) is 10.8 Å². The van der Waals surface area contributed by atoms with E-state index < -0.39 is 0 Å². The van der Waals surface area contributed by atoms with Crippen LogP contribution in [0.5, 0.6) is 0 Å². The first-order valence-electron chi connectivity index (χ1n) is 15.6. The molecule has 0 N–H and O–H groups in total.